The Labute approximate surface area is 116 Å². The third-order valence-corrected chi connectivity index (χ3v) is 3.07. The van der Waals surface area contributed by atoms with Crippen molar-refractivity contribution in [2.75, 3.05) is 7.11 Å². The molecule has 1 heterocycles. The van der Waals surface area contributed by atoms with Crippen LogP contribution in [0.2, 0.25) is 5.02 Å². The molecule has 0 spiro atoms. The van der Waals surface area contributed by atoms with Crippen molar-refractivity contribution in [2.24, 2.45) is 0 Å². The molecule has 1 aromatic carbocycles. The number of ketones is 1. The fraction of sp³-hybridized carbons (Fsp3) is 0.286. The quantitative estimate of drug-likeness (QED) is 0.789. The zero-order chi connectivity index (χ0) is 13.8. The normalized spacial score (nSPS) is 10.5. The van der Waals surface area contributed by atoms with Crippen molar-refractivity contribution in [3.63, 3.8) is 0 Å². The molecule has 19 heavy (non-hydrogen) atoms. The Morgan fingerprint density at radius 1 is 1.42 bits per heavy atom. The highest BCUT2D eigenvalue weighted by molar-refractivity contribution is 6.34. The van der Waals surface area contributed by atoms with Gasteiger partial charge in [-0.15, -0.1) is 0 Å². The van der Waals surface area contributed by atoms with Crippen LogP contribution in [0.1, 0.15) is 29.4 Å². The van der Waals surface area contributed by atoms with E-state index in [0.29, 0.717) is 28.6 Å². The first-order chi connectivity index (χ1) is 9.19. The van der Waals surface area contributed by atoms with Crippen LogP contribution >= 0.6 is 11.6 Å². The van der Waals surface area contributed by atoms with Crippen molar-refractivity contribution in [3.05, 3.63) is 46.7 Å². The highest BCUT2D eigenvalue weighted by Gasteiger charge is 2.21. The molecule has 0 radical (unpaired) electrons. The number of aryl methyl sites for hydroxylation is 1. The molecule has 0 N–H and O–H groups in total. The molecule has 0 amide bonds. The molecule has 0 atom stereocenters. The van der Waals surface area contributed by atoms with Gasteiger partial charge < -0.3 is 4.74 Å². The highest BCUT2D eigenvalue weighted by Crippen LogP contribution is 2.25. The van der Waals surface area contributed by atoms with E-state index in [1.807, 2.05) is 13.0 Å². The Morgan fingerprint density at radius 3 is 2.84 bits per heavy atom. The standard InChI is InChI=1S/C14H15ClN2O2/c1-3-8-17-13(11(15)9-16-17)14(18)10-6-4-5-7-12(10)19-2/h4-7,9H,3,8H2,1-2H3. The van der Waals surface area contributed by atoms with Crippen LogP contribution in [-0.4, -0.2) is 22.7 Å². The van der Waals surface area contributed by atoms with E-state index < -0.39 is 0 Å². The molecule has 2 rings (SSSR count). The SMILES string of the molecule is CCCn1ncc(Cl)c1C(=O)c1ccccc1OC. The summed E-state index contributed by atoms with van der Waals surface area (Å²) in [6.07, 6.45) is 2.38. The number of ether oxygens (including phenoxy) is 1. The smallest absolute Gasteiger partial charge is 0.216 e. The summed E-state index contributed by atoms with van der Waals surface area (Å²) < 4.78 is 6.85. The molecular weight excluding hydrogens is 264 g/mol. The minimum absolute atomic E-state index is 0.173. The lowest BCUT2D eigenvalue weighted by Gasteiger charge is -2.09. The number of carbonyl (C=O) groups is 1. The minimum Gasteiger partial charge on any atom is -0.496 e. The van der Waals surface area contributed by atoms with Gasteiger partial charge in [0.1, 0.15) is 11.4 Å². The monoisotopic (exact) mass is 278 g/mol. The maximum atomic E-state index is 12.6. The number of methoxy groups -OCH3 is 1. The molecule has 0 aliphatic heterocycles. The molecule has 100 valence electrons. The molecule has 0 fully saturated rings. The number of rotatable bonds is 5. The van der Waals surface area contributed by atoms with Crippen LogP contribution in [0.5, 0.6) is 5.75 Å². The first-order valence-corrected chi connectivity index (χ1v) is 6.45. The van der Waals surface area contributed by atoms with E-state index in [1.165, 1.54) is 13.3 Å². The Morgan fingerprint density at radius 2 is 2.16 bits per heavy atom. The predicted molar refractivity (Wildman–Crippen MR) is 74.0 cm³/mol. The summed E-state index contributed by atoms with van der Waals surface area (Å²) in [4.78, 5) is 12.6. The first kappa shape index (κ1) is 13.6. The minimum atomic E-state index is -0.173. The largest absolute Gasteiger partial charge is 0.496 e. The number of aromatic nitrogens is 2. The van der Waals surface area contributed by atoms with Gasteiger partial charge in [0.05, 0.1) is 23.9 Å². The summed E-state index contributed by atoms with van der Waals surface area (Å²) in [7, 11) is 1.54. The first-order valence-electron chi connectivity index (χ1n) is 6.08. The summed E-state index contributed by atoms with van der Waals surface area (Å²) in [6.45, 7) is 2.68. The lowest BCUT2D eigenvalue weighted by Crippen LogP contribution is -2.12. The fourth-order valence-electron chi connectivity index (χ4n) is 1.93. The van der Waals surface area contributed by atoms with Crippen molar-refractivity contribution < 1.29 is 9.53 Å². The van der Waals surface area contributed by atoms with E-state index in [1.54, 1.807) is 22.9 Å². The molecule has 0 unspecified atom stereocenters. The molecule has 5 heteroatoms. The summed E-state index contributed by atoms with van der Waals surface area (Å²) in [6, 6.07) is 7.09. The molecular formula is C14H15ClN2O2. The van der Waals surface area contributed by atoms with Crippen LogP contribution in [0.4, 0.5) is 0 Å². The number of halogens is 1. The number of nitrogens with zero attached hydrogens (tertiary/aromatic N) is 2. The number of carbonyl (C=O) groups excluding carboxylic acids is 1. The lowest BCUT2D eigenvalue weighted by atomic mass is 10.1. The summed E-state index contributed by atoms with van der Waals surface area (Å²) >= 11 is 6.08. The zero-order valence-corrected chi connectivity index (χ0v) is 11.6. The van der Waals surface area contributed by atoms with Gasteiger partial charge in [-0.05, 0) is 18.6 Å². The van der Waals surface area contributed by atoms with Crippen molar-refractivity contribution in [1.29, 1.82) is 0 Å². The molecule has 0 saturated carbocycles. The van der Waals surface area contributed by atoms with Gasteiger partial charge in [-0.3, -0.25) is 9.48 Å². The lowest BCUT2D eigenvalue weighted by molar-refractivity contribution is 0.102. The second kappa shape index (κ2) is 5.89. The van der Waals surface area contributed by atoms with E-state index >= 15 is 0 Å². The van der Waals surface area contributed by atoms with Gasteiger partial charge in [0, 0.05) is 6.54 Å². The highest BCUT2D eigenvalue weighted by atomic mass is 35.5. The number of hydrogen-bond acceptors (Lipinski definition) is 3. The van der Waals surface area contributed by atoms with E-state index in [4.69, 9.17) is 16.3 Å². The van der Waals surface area contributed by atoms with Gasteiger partial charge >= 0.3 is 0 Å². The van der Waals surface area contributed by atoms with E-state index in [9.17, 15) is 4.79 Å². The topological polar surface area (TPSA) is 44.1 Å². The predicted octanol–water partition coefficient (Wildman–Crippen LogP) is 3.19. The Bertz CT molecular complexity index is 593. The number of benzene rings is 1. The molecule has 2 aromatic rings. The Hall–Kier alpha value is -1.81. The van der Waals surface area contributed by atoms with Crippen LogP contribution in [0.25, 0.3) is 0 Å². The van der Waals surface area contributed by atoms with Crippen LogP contribution in [0.15, 0.2) is 30.5 Å². The number of hydrogen-bond donors (Lipinski definition) is 0. The van der Waals surface area contributed by atoms with Crippen LogP contribution in [0, 0.1) is 0 Å². The molecule has 4 nitrogen and oxygen atoms in total. The second-order valence-electron chi connectivity index (χ2n) is 4.09. The van der Waals surface area contributed by atoms with Crippen LogP contribution in [0.3, 0.4) is 0 Å². The zero-order valence-electron chi connectivity index (χ0n) is 10.9. The van der Waals surface area contributed by atoms with Gasteiger partial charge in [0.25, 0.3) is 0 Å². The number of para-hydroxylation sites is 1. The molecule has 0 bridgehead atoms. The van der Waals surface area contributed by atoms with Crippen molar-refractivity contribution in [3.8, 4) is 5.75 Å². The molecule has 0 aliphatic rings. The van der Waals surface area contributed by atoms with Gasteiger partial charge in [-0.25, -0.2) is 0 Å². The van der Waals surface area contributed by atoms with Crippen LogP contribution in [-0.2, 0) is 6.54 Å². The average molecular weight is 279 g/mol. The Balaban J connectivity index is 2.47. The van der Waals surface area contributed by atoms with Crippen molar-refractivity contribution in [1.82, 2.24) is 9.78 Å². The summed E-state index contributed by atoms with van der Waals surface area (Å²) in [5.41, 5.74) is 0.901. The van der Waals surface area contributed by atoms with E-state index in [2.05, 4.69) is 5.10 Å². The second-order valence-corrected chi connectivity index (χ2v) is 4.50. The maximum absolute atomic E-state index is 12.6. The van der Waals surface area contributed by atoms with Crippen molar-refractivity contribution >= 4 is 17.4 Å². The van der Waals surface area contributed by atoms with Crippen molar-refractivity contribution in [2.45, 2.75) is 19.9 Å². The van der Waals surface area contributed by atoms with Crippen LogP contribution < -0.4 is 4.74 Å². The Kier molecular flexibility index (Phi) is 4.22. The third kappa shape index (κ3) is 2.63. The molecule has 0 aliphatic carbocycles. The van der Waals surface area contributed by atoms with Gasteiger partial charge in [0.15, 0.2) is 0 Å². The molecule has 0 saturated heterocycles. The maximum Gasteiger partial charge on any atom is 0.216 e. The van der Waals surface area contributed by atoms with E-state index in [-0.39, 0.29) is 5.78 Å². The summed E-state index contributed by atoms with van der Waals surface area (Å²) in [5.74, 6) is 0.362. The van der Waals surface area contributed by atoms with Gasteiger partial charge in [-0.1, -0.05) is 30.7 Å². The average Bonchev–Trinajstić information content (AvgIpc) is 2.79. The third-order valence-electron chi connectivity index (χ3n) is 2.80. The molecule has 1 aromatic heterocycles. The fourth-order valence-corrected chi connectivity index (χ4v) is 2.16. The van der Waals surface area contributed by atoms with E-state index in [0.717, 1.165) is 6.42 Å². The van der Waals surface area contributed by atoms with Gasteiger partial charge in [-0.2, -0.15) is 5.10 Å². The summed E-state index contributed by atoms with van der Waals surface area (Å²) in [5, 5.41) is 4.50. The van der Waals surface area contributed by atoms with Gasteiger partial charge in [0.2, 0.25) is 5.78 Å².